The molecular weight excluding hydrogens is 395 g/mol. The molecule has 2 unspecified atom stereocenters. The van der Waals surface area contributed by atoms with Crippen LogP contribution in [0, 0.1) is 23.4 Å². The van der Waals surface area contributed by atoms with Crippen LogP contribution in [0.15, 0.2) is 12.1 Å². The number of amides is 1. The third kappa shape index (κ3) is 3.84. The van der Waals surface area contributed by atoms with Crippen molar-refractivity contribution in [1.29, 1.82) is 0 Å². The second-order valence-corrected chi connectivity index (χ2v) is 7.08. The van der Waals surface area contributed by atoms with Crippen molar-refractivity contribution in [2.45, 2.75) is 33.2 Å². The number of aromatic nitrogens is 2. The van der Waals surface area contributed by atoms with Gasteiger partial charge in [0.2, 0.25) is 11.9 Å². The number of carbonyl (C=O) groups is 1. The van der Waals surface area contributed by atoms with Gasteiger partial charge in [0.05, 0.1) is 23.6 Å². The number of benzene rings is 1. The van der Waals surface area contributed by atoms with Gasteiger partial charge in [-0.05, 0) is 13.3 Å². The van der Waals surface area contributed by atoms with E-state index in [0.29, 0.717) is 25.1 Å². The number of anilines is 2. The minimum absolute atomic E-state index is 0.0835. The minimum atomic E-state index is -1.12. The van der Waals surface area contributed by atoms with Gasteiger partial charge in [-0.1, -0.05) is 25.4 Å². The second-order valence-electron chi connectivity index (χ2n) is 6.72. The normalized spacial score (nSPS) is 17.6. The van der Waals surface area contributed by atoms with Crippen LogP contribution < -0.4 is 15.8 Å². The maximum Gasteiger partial charge on any atom is 0.247 e. The average Bonchev–Trinajstić information content (AvgIpc) is 2.95. The van der Waals surface area contributed by atoms with Gasteiger partial charge >= 0.3 is 0 Å². The minimum Gasteiger partial charge on any atom is -0.367 e. The maximum absolute atomic E-state index is 14.4. The number of hydrogen-bond donors (Lipinski definition) is 2. The molecule has 0 radical (unpaired) electrons. The van der Waals surface area contributed by atoms with Crippen molar-refractivity contribution in [3.8, 4) is 11.1 Å². The standard InChI is InChI=1S/C18H19ClF3N5O/c1-4-9(3)23-16-14(13-11(21)5-10(20)6-12(13)22)15(19)24-18(25-16)27-7-8(2)17(28)26-27/h5-6,8-9H,4,7H2,1-3H3,(H,26,28)(H,23,24,25). The molecule has 6 nitrogen and oxygen atoms in total. The molecule has 1 fully saturated rings. The van der Waals surface area contributed by atoms with Crippen molar-refractivity contribution >= 4 is 29.3 Å². The van der Waals surface area contributed by atoms with Gasteiger partial charge in [-0.2, -0.15) is 9.97 Å². The molecule has 1 aliphatic rings. The predicted octanol–water partition coefficient (Wildman–Crippen LogP) is 3.91. The average molecular weight is 414 g/mol. The largest absolute Gasteiger partial charge is 0.367 e. The Morgan fingerprint density at radius 1 is 1.29 bits per heavy atom. The number of hydrazine groups is 1. The molecular formula is C18H19ClF3N5O. The summed E-state index contributed by atoms with van der Waals surface area (Å²) in [5, 5.41) is 4.24. The van der Waals surface area contributed by atoms with Crippen LogP contribution in [-0.2, 0) is 4.79 Å². The van der Waals surface area contributed by atoms with Crippen LogP contribution >= 0.6 is 11.6 Å². The van der Waals surface area contributed by atoms with Crippen LogP contribution in [0.2, 0.25) is 5.15 Å². The molecule has 28 heavy (non-hydrogen) atoms. The summed E-state index contributed by atoms with van der Waals surface area (Å²) in [6, 6.07) is 1.03. The van der Waals surface area contributed by atoms with Crippen LogP contribution in [0.4, 0.5) is 24.9 Å². The van der Waals surface area contributed by atoms with Gasteiger partial charge in [0, 0.05) is 18.2 Å². The van der Waals surface area contributed by atoms with E-state index in [4.69, 9.17) is 11.6 Å². The lowest BCUT2D eigenvalue weighted by molar-refractivity contribution is -0.121. The van der Waals surface area contributed by atoms with E-state index < -0.39 is 23.0 Å². The fraction of sp³-hybridized carbons (Fsp3) is 0.389. The van der Waals surface area contributed by atoms with E-state index in [1.54, 1.807) is 6.92 Å². The molecule has 1 aromatic carbocycles. The number of hydrogen-bond acceptors (Lipinski definition) is 5. The van der Waals surface area contributed by atoms with E-state index in [-0.39, 0.29) is 40.3 Å². The van der Waals surface area contributed by atoms with E-state index in [9.17, 15) is 18.0 Å². The highest BCUT2D eigenvalue weighted by Gasteiger charge is 2.31. The van der Waals surface area contributed by atoms with Gasteiger partial charge in [-0.3, -0.25) is 15.2 Å². The Morgan fingerprint density at radius 2 is 1.93 bits per heavy atom. The lowest BCUT2D eigenvalue weighted by Gasteiger charge is -2.21. The Morgan fingerprint density at radius 3 is 2.46 bits per heavy atom. The van der Waals surface area contributed by atoms with Gasteiger partial charge in [0.25, 0.3) is 0 Å². The summed E-state index contributed by atoms with van der Waals surface area (Å²) in [4.78, 5) is 20.2. The Balaban J connectivity index is 2.16. The zero-order valence-corrected chi connectivity index (χ0v) is 16.2. The van der Waals surface area contributed by atoms with Crippen molar-refractivity contribution < 1.29 is 18.0 Å². The Bertz CT molecular complexity index is 903. The molecule has 2 heterocycles. The van der Waals surface area contributed by atoms with Crippen LogP contribution in [-0.4, -0.2) is 28.5 Å². The molecule has 1 aliphatic heterocycles. The van der Waals surface area contributed by atoms with Gasteiger partial charge < -0.3 is 5.32 Å². The van der Waals surface area contributed by atoms with Crippen molar-refractivity contribution in [3.63, 3.8) is 0 Å². The Kier molecular flexibility index (Phi) is 5.64. The number of rotatable bonds is 5. The molecule has 10 heteroatoms. The van der Waals surface area contributed by atoms with Crippen LogP contribution in [0.1, 0.15) is 27.2 Å². The number of carbonyl (C=O) groups excluding carboxylic acids is 1. The van der Waals surface area contributed by atoms with Crippen LogP contribution in [0.25, 0.3) is 11.1 Å². The van der Waals surface area contributed by atoms with Crippen molar-refractivity contribution in [2.75, 3.05) is 16.9 Å². The third-order valence-corrected chi connectivity index (χ3v) is 4.77. The highest BCUT2D eigenvalue weighted by Crippen LogP contribution is 2.38. The van der Waals surface area contributed by atoms with Crippen molar-refractivity contribution in [2.24, 2.45) is 5.92 Å². The summed E-state index contributed by atoms with van der Waals surface area (Å²) >= 11 is 6.27. The summed E-state index contributed by atoms with van der Waals surface area (Å²) in [6.45, 7) is 5.84. The first kappa shape index (κ1) is 20.2. The second kappa shape index (κ2) is 7.83. The first-order valence-corrected chi connectivity index (χ1v) is 9.16. The van der Waals surface area contributed by atoms with Crippen LogP contribution in [0.5, 0.6) is 0 Å². The highest BCUT2D eigenvalue weighted by molar-refractivity contribution is 6.32. The zero-order valence-electron chi connectivity index (χ0n) is 15.5. The van der Waals surface area contributed by atoms with E-state index in [2.05, 4.69) is 20.7 Å². The first-order valence-electron chi connectivity index (χ1n) is 8.78. The molecule has 1 aromatic heterocycles. The Labute approximate surface area is 165 Å². The molecule has 1 saturated heterocycles. The summed E-state index contributed by atoms with van der Waals surface area (Å²) in [5.41, 5.74) is 1.98. The monoisotopic (exact) mass is 413 g/mol. The molecule has 0 aliphatic carbocycles. The highest BCUT2D eigenvalue weighted by atomic mass is 35.5. The summed E-state index contributed by atoms with van der Waals surface area (Å²) in [6.07, 6.45) is 0.697. The fourth-order valence-corrected chi connectivity index (χ4v) is 3.02. The molecule has 2 atom stereocenters. The molecule has 1 amide bonds. The smallest absolute Gasteiger partial charge is 0.247 e. The first-order chi connectivity index (χ1) is 13.2. The summed E-state index contributed by atoms with van der Waals surface area (Å²) < 4.78 is 42.1. The van der Waals surface area contributed by atoms with E-state index in [1.165, 1.54) is 5.01 Å². The molecule has 2 aromatic rings. The van der Waals surface area contributed by atoms with Gasteiger partial charge in [-0.15, -0.1) is 0 Å². The number of nitrogens with zero attached hydrogens (tertiary/aromatic N) is 3. The lowest BCUT2D eigenvalue weighted by atomic mass is 10.1. The molecule has 150 valence electrons. The van der Waals surface area contributed by atoms with E-state index >= 15 is 0 Å². The fourth-order valence-electron chi connectivity index (χ4n) is 2.76. The third-order valence-electron chi connectivity index (χ3n) is 4.50. The number of halogens is 4. The SMILES string of the molecule is CCC(C)Nc1nc(N2CC(C)C(=O)N2)nc(Cl)c1-c1c(F)cc(F)cc1F. The lowest BCUT2D eigenvalue weighted by Crippen LogP contribution is -2.34. The summed E-state index contributed by atoms with van der Waals surface area (Å²) in [7, 11) is 0. The summed E-state index contributed by atoms with van der Waals surface area (Å²) in [5.74, 6) is -3.59. The molecule has 0 spiro atoms. The number of nitrogens with one attached hydrogen (secondary N) is 2. The van der Waals surface area contributed by atoms with Crippen LogP contribution in [0.3, 0.4) is 0 Å². The maximum atomic E-state index is 14.4. The van der Waals surface area contributed by atoms with Gasteiger partial charge in [0.1, 0.15) is 28.4 Å². The molecule has 0 bridgehead atoms. The predicted molar refractivity (Wildman–Crippen MR) is 100 cm³/mol. The van der Waals surface area contributed by atoms with Crippen molar-refractivity contribution in [3.05, 3.63) is 34.7 Å². The Hall–Kier alpha value is -2.55. The van der Waals surface area contributed by atoms with E-state index in [0.717, 1.165) is 0 Å². The topological polar surface area (TPSA) is 70.2 Å². The van der Waals surface area contributed by atoms with Crippen molar-refractivity contribution in [1.82, 2.24) is 15.4 Å². The molecule has 0 saturated carbocycles. The van der Waals surface area contributed by atoms with Gasteiger partial charge in [0.15, 0.2) is 0 Å². The molecule has 2 N–H and O–H groups in total. The quantitative estimate of drug-likeness (QED) is 0.727. The zero-order chi connectivity index (χ0) is 20.6. The van der Waals surface area contributed by atoms with E-state index in [1.807, 2.05) is 13.8 Å². The molecule has 3 rings (SSSR count). The van der Waals surface area contributed by atoms with Gasteiger partial charge in [-0.25, -0.2) is 13.2 Å².